The number of amides is 2. The number of methoxy groups -OCH3 is 1. The molecule has 1 heterocycles. The molecule has 0 atom stereocenters. The topological polar surface area (TPSA) is 97.6 Å². The lowest BCUT2D eigenvalue weighted by Gasteiger charge is -2.06. The summed E-state index contributed by atoms with van der Waals surface area (Å²) in [6.45, 7) is 0.295. The van der Waals surface area contributed by atoms with Gasteiger partial charge in [0.2, 0.25) is 5.91 Å². The van der Waals surface area contributed by atoms with Crippen LogP contribution in [0.5, 0.6) is 0 Å². The van der Waals surface area contributed by atoms with Crippen molar-refractivity contribution in [3.63, 3.8) is 0 Å². The quantitative estimate of drug-likeness (QED) is 0.624. The van der Waals surface area contributed by atoms with E-state index in [0.717, 1.165) is 0 Å². The van der Waals surface area contributed by atoms with Gasteiger partial charge in [0.05, 0.1) is 19.9 Å². The van der Waals surface area contributed by atoms with Gasteiger partial charge in [0, 0.05) is 11.3 Å². The molecule has 0 aliphatic rings. The monoisotopic (exact) mass is 316 g/mol. The number of esters is 1. The second kappa shape index (κ2) is 7.79. The minimum atomic E-state index is -0.614. The first-order valence-electron chi connectivity index (χ1n) is 6.86. The Balaban J connectivity index is 1.87. The lowest BCUT2D eigenvalue weighted by molar-refractivity contribution is -0.142. The van der Waals surface area contributed by atoms with Gasteiger partial charge in [-0.15, -0.1) is 0 Å². The van der Waals surface area contributed by atoms with Crippen LogP contribution < -0.4 is 10.6 Å². The van der Waals surface area contributed by atoms with Crippen molar-refractivity contribution >= 4 is 23.5 Å². The molecule has 120 valence electrons. The maximum absolute atomic E-state index is 12.0. The molecule has 23 heavy (non-hydrogen) atoms. The van der Waals surface area contributed by atoms with E-state index in [1.54, 1.807) is 36.4 Å². The maximum Gasteiger partial charge on any atom is 0.315 e. The summed E-state index contributed by atoms with van der Waals surface area (Å²) < 4.78 is 9.53. The Kier molecular flexibility index (Phi) is 5.51. The standard InChI is InChI=1S/C16H16N2O5/c1-22-15(20)9-14(19)18-12-6-4-11(5-7-12)16(21)17-10-13-3-2-8-23-13/h2-8H,9-10H2,1H3,(H,17,21)(H,18,19). The van der Waals surface area contributed by atoms with E-state index in [2.05, 4.69) is 15.4 Å². The third-order valence-electron chi connectivity index (χ3n) is 2.97. The predicted molar refractivity (Wildman–Crippen MR) is 81.6 cm³/mol. The molecule has 2 rings (SSSR count). The Labute approximate surface area is 132 Å². The predicted octanol–water partition coefficient (Wildman–Crippen LogP) is 1.71. The summed E-state index contributed by atoms with van der Waals surface area (Å²) in [5, 5.41) is 5.26. The molecule has 0 bridgehead atoms. The molecule has 0 fully saturated rings. The number of rotatable bonds is 6. The van der Waals surface area contributed by atoms with Crippen LogP contribution in [0.2, 0.25) is 0 Å². The van der Waals surface area contributed by atoms with Gasteiger partial charge in [-0.05, 0) is 36.4 Å². The van der Waals surface area contributed by atoms with Crippen LogP contribution in [0, 0.1) is 0 Å². The van der Waals surface area contributed by atoms with Crippen molar-refractivity contribution in [1.82, 2.24) is 5.32 Å². The van der Waals surface area contributed by atoms with Crippen molar-refractivity contribution in [3.05, 3.63) is 54.0 Å². The van der Waals surface area contributed by atoms with Gasteiger partial charge in [0.15, 0.2) is 0 Å². The fraction of sp³-hybridized carbons (Fsp3) is 0.188. The number of hydrogen-bond acceptors (Lipinski definition) is 5. The highest BCUT2D eigenvalue weighted by Crippen LogP contribution is 2.10. The molecular formula is C16H16N2O5. The second-order valence-electron chi connectivity index (χ2n) is 4.64. The van der Waals surface area contributed by atoms with Gasteiger partial charge in [-0.2, -0.15) is 0 Å². The zero-order chi connectivity index (χ0) is 16.7. The number of nitrogens with one attached hydrogen (secondary N) is 2. The molecule has 0 spiro atoms. The molecule has 2 N–H and O–H groups in total. The first kappa shape index (κ1) is 16.3. The minimum absolute atomic E-state index is 0.256. The molecule has 7 nitrogen and oxygen atoms in total. The molecule has 0 unspecified atom stereocenters. The molecule has 0 saturated heterocycles. The highest BCUT2D eigenvalue weighted by atomic mass is 16.5. The summed E-state index contributed by atoms with van der Waals surface area (Å²) in [5.74, 6) is -0.692. The summed E-state index contributed by atoms with van der Waals surface area (Å²) in [7, 11) is 1.21. The van der Waals surface area contributed by atoms with E-state index in [4.69, 9.17) is 4.42 Å². The van der Waals surface area contributed by atoms with Crippen LogP contribution in [0.1, 0.15) is 22.5 Å². The average molecular weight is 316 g/mol. The number of carbonyl (C=O) groups excluding carboxylic acids is 3. The molecule has 0 aliphatic heterocycles. The fourth-order valence-electron chi connectivity index (χ4n) is 1.80. The van der Waals surface area contributed by atoms with Crippen molar-refractivity contribution in [2.45, 2.75) is 13.0 Å². The fourth-order valence-corrected chi connectivity index (χ4v) is 1.80. The van der Waals surface area contributed by atoms with Gasteiger partial charge < -0.3 is 19.8 Å². The van der Waals surface area contributed by atoms with E-state index in [9.17, 15) is 14.4 Å². The van der Waals surface area contributed by atoms with E-state index in [1.807, 2.05) is 0 Å². The van der Waals surface area contributed by atoms with E-state index in [1.165, 1.54) is 13.4 Å². The highest BCUT2D eigenvalue weighted by Gasteiger charge is 2.10. The van der Waals surface area contributed by atoms with Gasteiger partial charge in [0.1, 0.15) is 12.2 Å². The van der Waals surface area contributed by atoms with Crippen molar-refractivity contribution in [3.8, 4) is 0 Å². The third kappa shape index (κ3) is 4.99. The summed E-state index contributed by atoms with van der Waals surface area (Å²) in [4.78, 5) is 34.5. The summed E-state index contributed by atoms with van der Waals surface area (Å²) in [6, 6.07) is 9.82. The number of carbonyl (C=O) groups is 3. The third-order valence-corrected chi connectivity index (χ3v) is 2.97. The molecule has 0 saturated carbocycles. The Bertz CT molecular complexity index is 677. The summed E-state index contributed by atoms with van der Waals surface area (Å²) in [6.07, 6.45) is 1.18. The van der Waals surface area contributed by atoms with Crippen molar-refractivity contribution in [2.24, 2.45) is 0 Å². The van der Waals surface area contributed by atoms with Gasteiger partial charge >= 0.3 is 5.97 Å². The maximum atomic E-state index is 12.0. The largest absolute Gasteiger partial charge is 0.469 e. The van der Waals surface area contributed by atoms with E-state index in [0.29, 0.717) is 23.6 Å². The van der Waals surface area contributed by atoms with Crippen LogP contribution in [0.3, 0.4) is 0 Å². The number of ether oxygens (including phenoxy) is 1. The van der Waals surface area contributed by atoms with Crippen molar-refractivity contribution < 1.29 is 23.5 Å². The van der Waals surface area contributed by atoms with Crippen LogP contribution >= 0.6 is 0 Å². The van der Waals surface area contributed by atoms with Gasteiger partial charge in [0.25, 0.3) is 5.91 Å². The number of anilines is 1. The minimum Gasteiger partial charge on any atom is -0.469 e. The van der Waals surface area contributed by atoms with Crippen LogP contribution in [0.4, 0.5) is 5.69 Å². The lowest BCUT2D eigenvalue weighted by atomic mass is 10.2. The van der Waals surface area contributed by atoms with E-state index < -0.39 is 11.9 Å². The number of hydrogen-bond donors (Lipinski definition) is 2. The normalized spacial score (nSPS) is 9.96. The van der Waals surface area contributed by atoms with Gasteiger partial charge in [-0.1, -0.05) is 0 Å². The van der Waals surface area contributed by atoms with E-state index in [-0.39, 0.29) is 12.3 Å². The van der Waals surface area contributed by atoms with Crippen LogP contribution in [-0.2, 0) is 20.9 Å². The molecule has 1 aromatic carbocycles. The Morgan fingerprint density at radius 2 is 1.87 bits per heavy atom. The van der Waals surface area contributed by atoms with Gasteiger partial charge in [-0.25, -0.2) is 0 Å². The zero-order valence-electron chi connectivity index (χ0n) is 12.5. The molecule has 2 aromatic rings. The van der Waals surface area contributed by atoms with Crippen molar-refractivity contribution in [1.29, 1.82) is 0 Å². The molecule has 1 aromatic heterocycles. The van der Waals surface area contributed by atoms with Crippen LogP contribution in [0.15, 0.2) is 47.1 Å². The SMILES string of the molecule is COC(=O)CC(=O)Nc1ccc(C(=O)NCc2ccco2)cc1. The number of benzene rings is 1. The van der Waals surface area contributed by atoms with Crippen LogP contribution in [0.25, 0.3) is 0 Å². The Hall–Kier alpha value is -3.09. The Morgan fingerprint density at radius 1 is 1.13 bits per heavy atom. The summed E-state index contributed by atoms with van der Waals surface area (Å²) >= 11 is 0. The first-order chi connectivity index (χ1) is 11.1. The number of furan rings is 1. The summed E-state index contributed by atoms with van der Waals surface area (Å²) in [5.41, 5.74) is 0.934. The lowest BCUT2D eigenvalue weighted by Crippen LogP contribution is -2.22. The van der Waals surface area contributed by atoms with Gasteiger partial charge in [-0.3, -0.25) is 14.4 Å². The average Bonchev–Trinajstić information content (AvgIpc) is 3.06. The van der Waals surface area contributed by atoms with Crippen molar-refractivity contribution in [2.75, 3.05) is 12.4 Å². The van der Waals surface area contributed by atoms with E-state index >= 15 is 0 Å². The zero-order valence-corrected chi connectivity index (χ0v) is 12.5. The molecule has 7 heteroatoms. The highest BCUT2D eigenvalue weighted by molar-refractivity contribution is 6.02. The molecule has 2 amide bonds. The molecule has 0 aliphatic carbocycles. The second-order valence-corrected chi connectivity index (χ2v) is 4.64. The molecule has 0 radical (unpaired) electrons. The van der Waals surface area contributed by atoms with Crippen LogP contribution in [-0.4, -0.2) is 24.9 Å². The first-order valence-corrected chi connectivity index (χ1v) is 6.86. The molecular weight excluding hydrogens is 300 g/mol. The smallest absolute Gasteiger partial charge is 0.315 e. The Morgan fingerprint density at radius 3 is 2.48 bits per heavy atom.